The van der Waals surface area contributed by atoms with Crippen LogP contribution in [0, 0.1) is 11.3 Å². The standard InChI is InChI=1S/C11H18NO4P/c1-4-6-11(3,16-17-14)7-5-10(8-12)15-9(2)13/h10H,4-7H2,1-3H3. The van der Waals surface area contributed by atoms with Crippen LogP contribution in [0.2, 0.25) is 0 Å². The van der Waals surface area contributed by atoms with E-state index in [1.807, 2.05) is 19.9 Å². The molecule has 0 aromatic heterocycles. The SMILES string of the molecule is CCCC(C)(CCC(C#N)OC(C)=O)OP=O. The molecule has 2 unspecified atom stereocenters. The molecule has 96 valence electrons. The van der Waals surface area contributed by atoms with Gasteiger partial charge >= 0.3 is 14.7 Å². The summed E-state index contributed by atoms with van der Waals surface area (Å²) in [6.07, 6.45) is 1.75. The molecular formula is C11H18NO4P. The van der Waals surface area contributed by atoms with E-state index in [1.54, 1.807) is 0 Å². The molecule has 0 radical (unpaired) electrons. The highest BCUT2D eigenvalue weighted by Crippen LogP contribution is 2.28. The lowest BCUT2D eigenvalue weighted by molar-refractivity contribution is -0.144. The van der Waals surface area contributed by atoms with Crippen LogP contribution in [0.5, 0.6) is 0 Å². The van der Waals surface area contributed by atoms with Crippen molar-refractivity contribution < 1.29 is 18.6 Å². The van der Waals surface area contributed by atoms with Gasteiger partial charge < -0.3 is 4.74 Å². The zero-order valence-electron chi connectivity index (χ0n) is 10.4. The van der Waals surface area contributed by atoms with E-state index < -0.39 is 17.7 Å². The van der Waals surface area contributed by atoms with Crippen molar-refractivity contribution in [3.8, 4) is 6.07 Å². The second-order valence-corrected chi connectivity index (χ2v) is 4.46. The molecule has 0 fully saturated rings. The fourth-order valence-corrected chi connectivity index (χ4v) is 1.98. The smallest absolute Gasteiger partial charge is 0.327 e. The minimum absolute atomic E-state index is 0.370. The molecule has 0 spiro atoms. The maximum absolute atomic E-state index is 10.7. The summed E-state index contributed by atoms with van der Waals surface area (Å²) >= 11 is 0. The van der Waals surface area contributed by atoms with Crippen molar-refractivity contribution in [2.24, 2.45) is 0 Å². The third kappa shape index (κ3) is 7.04. The highest BCUT2D eigenvalue weighted by atomic mass is 31.1. The lowest BCUT2D eigenvalue weighted by atomic mass is 9.93. The van der Waals surface area contributed by atoms with Crippen LogP contribution in [-0.4, -0.2) is 17.7 Å². The van der Waals surface area contributed by atoms with Crippen LogP contribution in [0.15, 0.2) is 0 Å². The van der Waals surface area contributed by atoms with Gasteiger partial charge in [-0.1, -0.05) is 13.3 Å². The topological polar surface area (TPSA) is 76.4 Å². The summed E-state index contributed by atoms with van der Waals surface area (Å²) in [5, 5.41) is 8.80. The summed E-state index contributed by atoms with van der Waals surface area (Å²) in [7, 11) is -0.370. The molecule has 0 bridgehead atoms. The molecule has 17 heavy (non-hydrogen) atoms. The monoisotopic (exact) mass is 259 g/mol. The Morgan fingerprint density at radius 2 is 2.18 bits per heavy atom. The first-order valence-electron chi connectivity index (χ1n) is 5.55. The number of esters is 1. The third-order valence-corrected chi connectivity index (χ3v) is 2.94. The average molecular weight is 259 g/mol. The van der Waals surface area contributed by atoms with Crippen molar-refractivity contribution in [1.82, 2.24) is 0 Å². The van der Waals surface area contributed by atoms with Gasteiger partial charge in [0.2, 0.25) is 0 Å². The summed E-state index contributed by atoms with van der Waals surface area (Å²) in [5.74, 6) is -0.475. The normalized spacial score (nSPS) is 15.9. The molecule has 6 heteroatoms. The lowest BCUT2D eigenvalue weighted by Crippen LogP contribution is -2.27. The fraction of sp³-hybridized carbons (Fsp3) is 0.818. The van der Waals surface area contributed by atoms with Crippen molar-refractivity contribution in [3.63, 3.8) is 0 Å². The zero-order chi connectivity index (χ0) is 13.3. The van der Waals surface area contributed by atoms with Crippen molar-refractivity contribution >= 4 is 14.7 Å². The summed E-state index contributed by atoms with van der Waals surface area (Å²) in [5.41, 5.74) is -0.548. The van der Waals surface area contributed by atoms with Crippen LogP contribution in [0.1, 0.15) is 46.5 Å². The molecule has 0 aromatic carbocycles. The van der Waals surface area contributed by atoms with Gasteiger partial charge in [0.05, 0.1) is 5.60 Å². The number of hydrogen-bond donors (Lipinski definition) is 0. The second-order valence-electron chi connectivity index (χ2n) is 4.13. The largest absolute Gasteiger partial charge is 0.447 e. The molecule has 0 N–H and O–H groups in total. The highest BCUT2D eigenvalue weighted by molar-refractivity contribution is 7.17. The Hall–Kier alpha value is -0.980. The fourth-order valence-electron chi connectivity index (χ4n) is 1.62. The number of hydrogen-bond acceptors (Lipinski definition) is 5. The Balaban J connectivity index is 4.32. The van der Waals surface area contributed by atoms with Crippen molar-refractivity contribution in [1.29, 1.82) is 5.26 Å². The van der Waals surface area contributed by atoms with E-state index in [1.165, 1.54) is 6.92 Å². The number of carbonyl (C=O) groups is 1. The van der Waals surface area contributed by atoms with Crippen LogP contribution in [0.25, 0.3) is 0 Å². The zero-order valence-corrected chi connectivity index (χ0v) is 11.3. The summed E-state index contributed by atoms with van der Waals surface area (Å²) in [6.45, 7) is 5.10. The van der Waals surface area contributed by atoms with E-state index in [0.29, 0.717) is 12.8 Å². The molecule has 0 heterocycles. The van der Waals surface area contributed by atoms with Crippen LogP contribution in [-0.2, 0) is 18.6 Å². The minimum atomic E-state index is -0.768. The molecule has 0 aliphatic rings. The number of rotatable bonds is 8. The van der Waals surface area contributed by atoms with E-state index in [-0.39, 0.29) is 8.69 Å². The molecular weight excluding hydrogens is 241 g/mol. The highest BCUT2D eigenvalue weighted by Gasteiger charge is 2.27. The first-order chi connectivity index (χ1) is 7.97. The van der Waals surface area contributed by atoms with Crippen molar-refractivity contribution in [3.05, 3.63) is 0 Å². The number of carbonyl (C=O) groups excluding carboxylic acids is 1. The van der Waals surface area contributed by atoms with Gasteiger partial charge in [-0.2, -0.15) is 5.26 Å². The molecule has 0 saturated heterocycles. The molecule has 0 aromatic rings. The van der Waals surface area contributed by atoms with Gasteiger partial charge in [0.25, 0.3) is 0 Å². The maximum Gasteiger partial charge on any atom is 0.327 e. The van der Waals surface area contributed by atoms with Gasteiger partial charge in [-0.25, -0.2) is 4.57 Å². The number of ether oxygens (including phenoxy) is 1. The predicted octanol–water partition coefficient (Wildman–Crippen LogP) is 3.00. The number of nitrogens with zero attached hydrogens (tertiary/aromatic N) is 1. The van der Waals surface area contributed by atoms with E-state index in [9.17, 15) is 9.36 Å². The minimum Gasteiger partial charge on any atom is -0.447 e. The summed E-state index contributed by atoms with van der Waals surface area (Å²) < 4.78 is 20.5. The second kappa shape index (κ2) is 8.16. The van der Waals surface area contributed by atoms with E-state index >= 15 is 0 Å². The van der Waals surface area contributed by atoms with Gasteiger partial charge in [-0.15, -0.1) is 0 Å². The van der Waals surface area contributed by atoms with Gasteiger partial charge in [0.1, 0.15) is 6.07 Å². The number of nitriles is 1. The van der Waals surface area contributed by atoms with Crippen LogP contribution < -0.4 is 0 Å². The van der Waals surface area contributed by atoms with Crippen LogP contribution in [0.3, 0.4) is 0 Å². The van der Waals surface area contributed by atoms with E-state index in [2.05, 4.69) is 0 Å². The molecule has 5 nitrogen and oxygen atoms in total. The molecule has 0 saturated carbocycles. The molecule has 0 aliphatic heterocycles. The van der Waals surface area contributed by atoms with E-state index in [4.69, 9.17) is 14.5 Å². The van der Waals surface area contributed by atoms with Gasteiger partial charge in [0.15, 0.2) is 6.10 Å². The third-order valence-electron chi connectivity index (χ3n) is 2.42. The average Bonchev–Trinajstić information content (AvgIpc) is 2.24. The molecule has 0 amide bonds. The van der Waals surface area contributed by atoms with Gasteiger partial charge in [-0.05, 0) is 19.8 Å². The van der Waals surface area contributed by atoms with Gasteiger partial charge in [0, 0.05) is 13.3 Å². The summed E-state index contributed by atoms with van der Waals surface area (Å²) in [6, 6.07) is 1.91. The Kier molecular flexibility index (Phi) is 7.69. The van der Waals surface area contributed by atoms with E-state index in [0.717, 1.165) is 12.8 Å². The van der Waals surface area contributed by atoms with Crippen molar-refractivity contribution in [2.75, 3.05) is 0 Å². The summed E-state index contributed by atoms with van der Waals surface area (Å²) in [4.78, 5) is 10.7. The molecule has 0 rings (SSSR count). The first kappa shape index (κ1) is 16.0. The first-order valence-corrected chi connectivity index (χ1v) is 6.28. The Labute approximate surface area is 103 Å². The molecule has 0 aliphatic carbocycles. The predicted molar refractivity (Wildman–Crippen MR) is 62.4 cm³/mol. The van der Waals surface area contributed by atoms with Crippen molar-refractivity contribution in [2.45, 2.75) is 58.2 Å². The van der Waals surface area contributed by atoms with Gasteiger partial charge in [-0.3, -0.25) is 9.32 Å². The Morgan fingerprint density at radius 1 is 1.53 bits per heavy atom. The maximum atomic E-state index is 10.7. The Morgan fingerprint density at radius 3 is 2.59 bits per heavy atom. The molecule has 2 atom stereocenters. The Bertz CT molecular complexity index is 302. The quantitative estimate of drug-likeness (QED) is 0.494. The lowest BCUT2D eigenvalue weighted by Gasteiger charge is -2.26. The van der Waals surface area contributed by atoms with Crippen LogP contribution >= 0.6 is 8.69 Å². The van der Waals surface area contributed by atoms with Crippen LogP contribution in [0.4, 0.5) is 0 Å².